The summed E-state index contributed by atoms with van der Waals surface area (Å²) in [6, 6.07) is 4.52. The Bertz CT molecular complexity index is 476. The highest BCUT2D eigenvalue weighted by Crippen LogP contribution is 2.17. The number of amides is 1. The maximum Gasteiger partial charge on any atom is 0.241 e. The zero-order valence-electron chi connectivity index (χ0n) is 10.6. The van der Waals surface area contributed by atoms with Gasteiger partial charge >= 0.3 is 0 Å². The molecular weight excluding hydrogens is 253 g/mol. The van der Waals surface area contributed by atoms with Crippen molar-refractivity contribution in [1.82, 2.24) is 4.90 Å². The van der Waals surface area contributed by atoms with Crippen LogP contribution in [0.1, 0.15) is 5.56 Å². The van der Waals surface area contributed by atoms with E-state index in [1.807, 2.05) is 0 Å². The largest absolute Gasteiger partial charge is 0.389 e. The Hall–Kier alpha value is -1.69. The molecule has 0 spiro atoms. The van der Waals surface area contributed by atoms with Crippen LogP contribution in [0.25, 0.3) is 0 Å². The minimum atomic E-state index is -0.482. The molecule has 0 aliphatic heterocycles. The first-order valence-corrected chi connectivity index (χ1v) is 5.74. The number of likely N-dealkylation sites (N-methyl/N-ethyl adjacent to an activating group) is 2. The van der Waals surface area contributed by atoms with Crippen molar-refractivity contribution in [3.8, 4) is 0 Å². The van der Waals surface area contributed by atoms with E-state index in [1.54, 1.807) is 32.1 Å². The maximum absolute atomic E-state index is 13.7. The molecular formula is C12H16FN3OS. The zero-order valence-corrected chi connectivity index (χ0v) is 11.4. The lowest BCUT2D eigenvalue weighted by molar-refractivity contribution is -0.127. The summed E-state index contributed by atoms with van der Waals surface area (Å²) in [5.74, 6) is -0.541. The summed E-state index contributed by atoms with van der Waals surface area (Å²) in [7, 11) is 5.07. The van der Waals surface area contributed by atoms with Crippen molar-refractivity contribution in [3.63, 3.8) is 0 Å². The predicted molar refractivity (Wildman–Crippen MR) is 74.3 cm³/mol. The second-order valence-electron chi connectivity index (χ2n) is 4.17. The second-order valence-corrected chi connectivity index (χ2v) is 4.61. The van der Waals surface area contributed by atoms with Gasteiger partial charge in [-0.05, 0) is 18.2 Å². The number of halogens is 1. The lowest BCUT2D eigenvalue weighted by atomic mass is 10.2. The molecule has 0 bridgehead atoms. The van der Waals surface area contributed by atoms with Gasteiger partial charge in [-0.3, -0.25) is 4.79 Å². The monoisotopic (exact) mass is 269 g/mol. The Morgan fingerprint density at radius 1 is 1.39 bits per heavy atom. The minimum Gasteiger partial charge on any atom is -0.389 e. The molecule has 0 saturated carbocycles. The number of nitrogens with zero attached hydrogens (tertiary/aromatic N) is 2. The highest BCUT2D eigenvalue weighted by molar-refractivity contribution is 7.80. The number of thiocarbonyl (C=S) groups is 1. The lowest BCUT2D eigenvalue weighted by Crippen LogP contribution is -2.34. The summed E-state index contributed by atoms with van der Waals surface area (Å²) in [5.41, 5.74) is 6.19. The quantitative estimate of drug-likeness (QED) is 0.828. The highest BCUT2D eigenvalue weighted by Gasteiger charge is 2.12. The van der Waals surface area contributed by atoms with E-state index < -0.39 is 5.82 Å². The van der Waals surface area contributed by atoms with Gasteiger partial charge < -0.3 is 15.5 Å². The van der Waals surface area contributed by atoms with Crippen LogP contribution in [-0.2, 0) is 4.79 Å². The Kier molecular flexibility index (Phi) is 4.61. The van der Waals surface area contributed by atoms with E-state index in [9.17, 15) is 9.18 Å². The van der Waals surface area contributed by atoms with Crippen LogP contribution in [0.4, 0.5) is 10.1 Å². The van der Waals surface area contributed by atoms with Gasteiger partial charge in [-0.2, -0.15) is 0 Å². The predicted octanol–water partition coefficient (Wildman–Crippen LogP) is 0.984. The molecule has 2 N–H and O–H groups in total. The van der Waals surface area contributed by atoms with Crippen molar-refractivity contribution in [2.45, 2.75) is 0 Å². The van der Waals surface area contributed by atoms with Crippen LogP contribution in [0, 0.1) is 5.82 Å². The van der Waals surface area contributed by atoms with E-state index in [0.717, 1.165) is 0 Å². The molecule has 1 amide bonds. The Morgan fingerprint density at radius 2 is 2.00 bits per heavy atom. The molecule has 1 aromatic rings. The third-order valence-corrected chi connectivity index (χ3v) is 2.75. The molecule has 0 atom stereocenters. The first kappa shape index (κ1) is 14.4. The molecule has 6 heteroatoms. The van der Waals surface area contributed by atoms with Crippen LogP contribution in [0.3, 0.4) is 0 Å². The zero-order chi connectivity index (χ0) is 13.9. The van der Waals surface area contributed by atoms with Crippen molar-refractivity contribution in [2.24, 2.45) is 5.73 Å². The molecule has 0 saturated heterocycles. The van der Waals surface area contributed by atoms with Crippen LogP contribution >= 0.6 is 12.2 Å². The average Bonchev–Trinajstić information content (AvgIpc) is 2.27. The third kappa shape index (κ3) is 3.40. The number of anilines is 1. The van der Waals surface area contributed by atoms with E-state index in [-0.39, 0.29) is 23.0 Å². The number of hydrogen-bond donors (Lipinski definition) is 1. The van der Waals surface area contributed by atoms with Gasteiger partial charge in [0.25, 0.3) is 0 Å². The number of hydrogen-bond acceptors (Lipinski definition) is 3. The standard InChI is InChI=1S/C12H16FN3OS/c1-15(2)11(17)7-16(3)8-4-5-9(12(14)18)10(13)6-8/h4-6H,7H2,1-3H3,(H2,14,18). The maximum atomic E-state index is 13.7. The number of nitrogens with two attached hydrogens (primary N) is 1. The summed E-state index contributed by atoms with van der Waals surface area (Å²) >= 11 is 4.73. The van der Waals surface area contributed by atoms with Crippen LogP contribution < -0.4 is 10.6 Å². The van der Waals surface area contributed by atoms with Gasteiger partial charge in [-0.15, -0.1) is 0 Å². The fourth-order valence-corrected chi connectivity index (χ4v) is 1.54. The van der Waals surface area contributed by atoms with Gasteiger partial charge in [0.1, 0.15) is 10.8 Å². The third-order valence-electron chi connectivity index (χ3n) is 2.53. The van der Waals surface area contributed by atoms with Crippen LogP contribution in [0.5, 0.6) is 0 Å². The van der Waals surface area contributed by atoms with Gasteiger partial charge in [0.2, 0.25) is 5.91 Å². The van der Waals surface area contributed by atoms with Gasteiger partial charge in [0.15, 0.2) is 0 Å². The van der Waals surface area contributed by atoms with E-state index >= 15 is 0 Å². The van der Waals surface area contributed by atoms with Crippen LogP contribution in [0.15, 0.2) is 18.2 Å². The van der Waals surface area contributed by atoms with E-state index in [1.165, 1.54) is 17.0 Å². The number of rotatable bonds is 4. The van der Waals surface area contributed by atoms with E-state index in [2.05, 4.69) is 0 Å². The minimum absolute atomic E-state index is 0.0195. The topological polar surface area (TPSA) is 49.6 Å². The molecule has 4 nitrogen and oxygen atoms in total. The summed E-state index contributed by atoms with van der Waals surface area (Å²) in [4.78, 5) is 14.7. The number of carbonyl (C=O) groups is 1. The molecule has 0 aromatic heterocycles. The van der Waals surface area contributed by atoms with Gasteiger partial charge in [-0.25, -0.2) is 4.39 Å². The normalized spacial score (nSPS) is 10.0. The highest BCUT2D eigenvalue weighted by atomic mass is 32.1. The van der Waals surface area contributed by atoms with E-state index in [0.29, 0.717) is 5.69 Å². The summed E-state index contributed by atoms with van der Waals surface area (Å²) in [6.07, 6.45) is 0. The molecule has 1 aromatic carbocycles. The van der Waals surface area contributed by atoms with Crippen molar-refractivity contribution in [2.75, 3.05) is 32.6 Å². The Morgan fingerprint density at radius 3 is 2.44 bits per heavy atom. The molecule has 0 aliphatic rings. The molecule has 0 aliphatic carbocycles. The molecule has 18 heavy (non-hydrogen) atoms. The Balaban J connectivity index is 2.88. The average molecular weight is 269 g/mol. The van der Waals surface area contributed by atoms with Crippen molar-refractivity contribution >= 4 is 28.8 Å². The summed E-state index contributed by atoms with van der Waals surface area (Å²) in [6.45, 7) is 0.179. The molecule has 0 radical (unpaired) electrons. The lowest BCUT2D eigenvalue weighted by Gasteiger charge is -2.21. The summed E-state index contributed by atoms with van der Waals surface area (Å²) in [5, 5.41) is 0. The summed E-state index contributed by atoms with van der Waals surface area (Å²) < 4.78 is 13.7. The van der Waals surface area contributed by atoms with Crippen molar-refractivity contribution < 1.29 is 9.18 Å². The SMILES string of the molecule is CN(C)C(=O)CN(C)c1ccc(C(N)=S)c(F)c1. The molecule has 1 rings (SSSR count). The van der Waals surface area contributed by atoms with Crippen LogP contribution in [-0.4, -0.2) is 43.5 Å². The molecule has 0 heterocycles. The molecule has 98 valence electrons. The fraction of sp³-hybridized carbons (Fsp3) is 0.333. The second kappa shape index (κ2) is 5.77. The van der Waals surface area contributed by atoms with Gasteiger partial charge in [-0.1, -0.05) is 12.2 Å². The van der Waals surface area contributed by atoms with Crippen LogP contribution in [0.2, 0.25) is 0 Å². The smallest absolute Gasteiger partial charge is 0.241 e. The first-order valence-electron chi connectivity index (χ1n) is 5.33. The number of benzene rings is 1. The van der Waals surface area contributed by atoms with Gasteiger partial charge in [0, 0.05) is 32.4 Å². The van der Waals surface area contributed by atoms with Gasteiger partial charge in [0.05, 0.1) is 6.54 Å². The number of carbonyl (C=O) groups excluding carboxylic acids is 1. The fourth-order valence-electron chi connectivity index (χ4n) is 1.38. The molecule has 0 unspecified atom stereocenters. The Labute approximate surface area is 111 Å². The molecule has 0 fully saturated rings. The first-order chi connectivity index (χ1) is 8.32. The van der Waals surface area contributed by atoms with Crippen molar-refractivity contribution in [3.05, 3.63) is 29.6 Å². The van der Waals surface area contributed by atoms with Crippen molar-refractivity contribution in [1.29, 1.82) is 0 Å². The van der Waals surface area contributed by atoms with E-state index in [4.69, 9.17) is 18.0 Å².